The second kappa shape index (κ2) is 4.74. The zero-order valence-corrected chi connectivity index (χ0v) is 9.81. The van der Waals surface area contributed by atoms with Gasteiger partial charge in [-0.15, -0.1) is 0 Å². The molecule has 2 rings (SSSR count). The Balaban J connectivity index is 2.35. The summed E-state index contributed by atoms with van der Waals surface area (Å²) in [4.78, 5) is 4.16. The van der Waals surface area contributed by atoms with Gasteiger partial charge in [0.2, 0.25) is 5.88 Å². The first-order valence-corrected chi connectivity index (χ1v) is 5.23. The molecule has 0 amide bonds. The van der Waals surface area contributed by atoms with Crippen LogP contribution in [0.15, 0.2) is 36.5 Å². The summed E-state index contributed by atoms with van der Waals surface area (Å²) in [6, 6.07) is 9.03. The molecule has 0 atom stereocenters. The minimum absolute atomic E-state index is 0.552. The quantitative estimate of drug-likeness (QED) is 0.824. The van der Waals surface area contributed by atoms with Crippen molar-refractivity contribution in [2.24, 2.45) is 0 Å². The molecule has 1 aromatic heterocycles. The maximum absolute atomic E-state index is 5.72. The number of hydrogen-bond donors (Lipinski definition) is 1. The van der Waals surface area contributed by atoms with E-state index >= 15 is 0 Å². The molecule has 0 bridgehead atoms. The van der Waals surface area contributed by atoms with Crippen LogP contribution in [0.3, 0.4) is 0 Å². The summed E-state index contributed by atoms with van der Waals surface area (Å²) in [6.45, 7) is 1.93. The molecule has 88 valence electrons. The predicted octanol–water partition coefficient (Wildman–Crippen LogP) is 2.77. The Morgan fingerprint density at radius 1 is 1.18 bits per heavy atom. The van der Waals surface area contributed by atoms with Gasteiger partial charge in [0.25, 0.3) is 0 Å². The van der Waals surface area contributed by atoms with Crippen LogP contribution in [0.2, 0.25) is 0 Å². The number of ether oxygens (including phenoxy) is 2. The van der Waals surface area contributed by atoms with Crippen LogP contribution in [0, 0.1) is 6.92 Å². The van der Waals surface area contributed by atoms with Crippen LogP contribution in [0.4, 0.5) is 5.69 Å². The van der Waals surface area contributed by atoms with E-state index in [0.29, 0.717) is 23.1 Å². The van der Waals surface area contributed by atoms with E-state index in [-0.39, 0.29) is 0 Å². The Kier molecular flexibility index (Phi) is 3.14. The second-order valence-corrected chi connectivity index (χ2v) is 3.64. The largest absolute Gasteiger partial charge is 0.493 e. The van der Waals surface area contributed by atoms with E-state index in [1.165, 1.54) is 0 Å². The van der Waals surface area contributed by atoms with Gasteiger partial charge in [0, 0.05) is 23.5 Å². The van der Waals surface area contributed by atoms with E-state index in [4.69, 9.17) is 15.2 Å². The summed E-state index contributed by atoms with van der Waals surface area (Å²) in [5.41, 5.74) is 7.29. The Bertz CT molecular complexity index is 527. The molecule has 2 aromatic rings. The third kappa shape index (κ3) is 2.47. The zero-order valence-electron chi connectivity index (χ0n) is 9.81. The van der Waals surface area contributed by atoms with Crippen molar-refractivity contribution >= 4 is 5.69 Å². The molecule has 4 heteroatoms. The fourth-order valence-electron chi connectivity index (χ4n) is 1.46. The summed E-state index contributed by atoms with van der Waals surface area (Å²) in [5.74, 6) is 1.75. The van der Waals surface area contributed by atoms with Crippen molar-refractivity contribution in [2.75, 3.05) is 12.8 Å². The summed E-state index contributed by atoms with van der Waals surface area (Å²) in [6.07, 6.45) is 1.68. The molecule has 0 aliphatic rings. The lowest BCUT2D eigenvalue weighted by molar-refractivity contribution is 0.373. The van der Waals surface area contributed by atoms with Crippen molar-refractivity contribution in [1.29, 1.82) is 0 Å². The highest BCUT2D eigenvalue weighted by molar-refractivity contribution is 5.53. The number of rotatable bonds is 3. The minimum atomic E-state index is 0.552. The van der Waals surface area contributed by atoms with E-state index in [9.17, 15) is 0 Å². The number of nitrogen functional groups attached to an aromatic ring is 1. The molecule has 1 heterocycles. The SMILES string of the molecule is COc1ccc(N)cc1Oc1ncccc1C. The molecule has 0 saturated heterocycles. The van der Waals surface area contributed by atoms with Crippen molar-refractivity contribution in [3.05, 3.63) is 42.1 Å². The summed E-state index contributed by atoms with van der Waals surface area (Å²) in [7, 11) is 1.59. The van der Waals surface area contributed by atoms with Crippen molar-refractivity contribution in [1.82, 2.24) is 4.98 Å². The highest BCUT2D eigenvalue weighted by atomic mass is 16.5. The Morgan fingerprint density at radius 2 is 2.00 bits per heavy atom. The van der Waals surface area contributed by atoms with Crippen molar-refractivity contribution in [3.8, 4) is 17.4 Å². The van der Waals surface area contributed by atoms with Crippen molar-refractivity contribution in [2.45, 2.75) is 6.92 Å². The Hall–Kier alpha value is -2.23. The van der Waals surface area contributed by atoms with Gasteiger partial charge in [0.05, 0.1) is 7.11 Å². The van der Waals surface area contributed by atoms with E-state index in [1.54, 1.807) is 31.5 Å². The smallest absolute Gasteiger partial charge is 0.222 e. The molecule has 0 aliphatic carbocycles. The first kappa shape index (κ1) is 11.3. The maximum atomic E-state index is 5.72. The van der Waals surface area contributed by atoms with Gasteiger partial charge >= 0.3 is 0 Å². The number of aromatic nitrogens is 1. The number of aryl methyl sites for hydroxylation is 1. The van der Waals surface area contributed by atoms with Crippen LogP contribution < -0.4 is 15.2 Å². The monoisotopic (exact) mass is 230 g/mol. The number of pyridine rings is 1. The maximum Gasteiger partial charge on any atom is 0.222 e. The van der Waals surface area contributed by atoms with Gasteiger partial charge in [-0.2, -0.15) is 0 Å². The minimum Gasteiger partial charge on any atom is -0.493 e. The van der Waals surface area contributed by atoms with Gasteiger partial charge in [0.1, 0.15) is 0 Å². The van der Waals surface area contributed by atoms with Crippen LogP contribution in [0.25, 0.3) is 0 Å². The van der Waals surface area contributed by atoms with E-state index in [1.807, 2.05) is 19.1 Å². The first-order chi connectivity index (χ1) is 8.20. The number of nitrogens with two attached hydrogens (primary N) is 1. The van der Waals surface area contributed by atoms with Crippen LogP contribution in [0.5, 0.6) is 17.4 Å². The fraction of sp³-hybridized carbons (Fsp3) is 0.154. The molecular weight excluding hydrogens is 216 g/mol. The zero-order chi connectivity index (χ0) is 12.3. The number of anilines is 1. The van der Waals surface area contributed by atoms with Crippen LogP contribution >= 0.6 is 0 Å². The van der Waals surface area contributed by atoms with Gasteiger partial charge in [-0.1, -0.05) is 6.07 Å². The number of methoxy groups -OCH3 is 1. The average molecular weight is 230 g/mol. The third-order valence-electron chi connectivity index (χ3n) is 2.36. The topological polar surface area (TPSA) is 57.4 Å². The summed E-state index contributed by atoms with van der Waals surface area (Å²) < 4.78 is 10.9. The van der Waals surface area contributed by atoms with E-state index in [0.717, 1.165) is 5.56 Å². The molecule has 1 aromatic carbocycles. The molecule has 0 unspecified atom stereocenters. The highest BCUT2D eigenvalue weighted by Gasteiger charge is 2.08. The third-order valence-corrected chi connectivity index (χ3v) is 2.36. The van der Waals surface area contributed by atoms with Gasteiger partial charge < -0.3 is 15.2 Å². The van der Waals surface area contributed by atoms with Gasteiger partial charge in [-0.25, -0.2) is 4.98 Å². The number of benzene rings is 1. The van der Waals surface area contributed by atoms with E-state index in [2.05, 4.69) is 4.98 Å². The molecular formula is C13H14N2O2. The standard InChI is InChI=1S/C13H14N2O2/c1-9-4-3-7-15-13(9)17-12-8-10(14)5-6-11(12)16-2/h3-8H,14H2,1-2H3. The predicted molar refractivity (Wildman–Crippen MR) is 66.5 cm³/mol. The highest BCUT2D eigenvalue weighted by Crippen LogP contribution is 2.33. The number of nitrogens with zero attached hydrogens (tertiary/aromatic N) is 1. The normalized spacial score (nSPS) is 10.0. The molecule has 0 spiro atoms. The van der Waals surface area contributed by atoms with Gasteiger partial charge in [-0.3, -0.25) is 0 Å². The van der Waals surface area contributed by atoms with Crippen molar-refractivity contribution in [3.63, 3.8) is 0 Å². The Morgan fingerprint density at radius 3 is 2.71 bits per heavy atom. The molecule has 0 saturated carbocycles. The van der Waals surface area contributed by atoms with Gasteiger partial charge in [0.15, 0.2) is 11.5 Å². The van der Waals surface area contributed by atoms with Crippen LogP contribution in [-0.4, -0.2) is 12.1 Å². The molecule has 4 nitrogen and oxygen atoms in total. The number of hydrogen-bond acceptors (Lipinski definition) is 4. The Labute approximate surface area is 100 Å². The lowest BCUT2D eigenvalue weighted by Gasteiger charge is -2.11. The molecule has 17 heavy (non-hydrogen) atoms. The molecule has 2 N–H and O–H groups in total. The first-order valence-electron chi connectivity index (χ1n) is 5.23. The average Bonchev–Trinajstić information content (AvgIpc) is 2.32. The lowest BCUT2D eigenvalue weighted by Crippen LogP contribution is -1.95. The van der Waals surface area contributed by atoms with Gasteiger partial charge in [-0.05, 0) is 25.1 Å². The lowest BCUT2D eigenvalue weighted by atomic mass is 10.2. The van der Waals surface area contributed by atoms with Crippen LogP contribution in [-0.2, 0) is 0 Å². The molecule has 0 fully saturated rings. The fourth-order valence-corrected chi connectivity index (χ4v) is 1.46. The molecule has 0 aliphatic heterocycles. The van der Waals surface area contributed by atoms with Crippen molar-refractivity contribution < 1.29 is 9.47 Å². The van der Waals surface area contributed by atoms with Crippen LogP contribution in [0.1, 0.15) is 5.56 Å². The van der Waals surface area contributed by atoms with E-state index < -0.39 is 0 Å². The second-order valence-electron chi connectivity index (χ2n) is 3.64. The summed E-state index contributed by atoms with van der Waals surface area (Å²) >= 11 is 0. The molecule has 0 radical (unpaired) electrons. The summed E-state index contributed by atoms with van der Waals surface area (Å²) in [5, 5.41) is 0.